The van der Waals surface area contributed by atoms with E-state index in [1.165, 1.54) is 19.6 Å². The zero-order valence-corrected chi connectivity index (χ0v) is 24.4. The Balaban J connectivity index is 0.000000389. The molecule has 0 aliphatic carbocycles. The van der Waals surface area contributed by atoms with Crippen LogP contribution in [0.2, 0.25) is 0 Å². The molecule has 220 valence electrons. The number of carboxylic acid groups (broad SMARTS) is 1. The van der Waals surface area contributed by atoms with Crippen LogP contribution in [0.25, 0.3) is 0 Å². The molecule has 1 saturated heterocycles. The van der Waals surface area contributed by atoms with Gasteiger partial charge in [-0.15, -0.1) is 4.36 Å². The number of aliphatic carboxylic acids is 1. The summed E-state index contributed by atoms with van der Waals surface area (Å²) in [6.45, 7) is 9.71. The second kappa shape index (κ2) is 14.4. The van der Waals surface area contributed by atoms with E-state index in [2.05, 4.69) is 65.4 Å². The number of benzene rings is 2. The van der Waals surface area contributed by atoms with Crippen molar-refractivity contribution in [3.63, 3.8) is 0 Å². The van der Waals surface area contributed by atoms with Crippen LogP contribution in [0.15, 0.2) is 59.0 Å². The number of morpholine rings is 1. The van der Waals surface area contributed by atoms with E-state index in [0.29, 0.717) is 37.5 Å². The topological polar surface area (TPSA) is 150 Å². The van der Waals surface area contributed by atoms with Gasteiger partial charge in [-0.3, -0.25) is 0 Å². The minimum Gasteiger partial charge on any atom is -0.493 e. The molecule has 0 saturated carbocycles. The number of hydrogen-bond acceptors (Lipinski definition) is 11. The Morgan fingerprint density at radius 2 is 1.63 bits per heavy atom. The van der Waals surface area contributed by atoms with Gasteiger partial charge in [-0.2, -0.15) is 18.4 Å². The van der Waals surface area contributed by atoms with Gasteiger partial charge in [-0.1, -0.05) is 63.2 Å². The van der Waals surface area contributed by atoms with Crippen molar-refractivity contribution in [1.29, 1.82) is 0 Å². The van der Waals surface area contributed by atoms with Crippen LogP contribution in [0.1, 0.15) is 33.3 Å². The van der Waals surface area contributed by atoms with E-state index >= 15 is 0 Å². The molecule has 0 amide bonds. The minimum absolute atomic E-state index is 0.104. The van der Waals surface area contributed by atoms with E-state index in [0.717, 1.165) is 0 Å². The van der Waals surface area contributed by atoms with Crippen molar-refractivity contribution in [2.24, 2.45) is 4.36 Å². The van der Waals surface area contributed by atoms with E-state index < -0.39 is 22.6 Å². The van der Waals surface area contributed by atoms with Gasteiger partial charge in [0.2, 0.25) is 17.5 Å². The first kappa shape index (κ1) is 31.3. The summed E-state index contributed by atoms with van der Waals surface area (Å²) < 4.78 is 48.0. The lowest BCUT2D eigenvalue weighted by Crippen LogP contribution is -2.37. The highest BCUT2D eigenvalue weighted by Crippen LogP contribution is 2.42. The van der Waals surface area contributed by atoms with Gasteiger partial charge in [0.15, 0.2) is 17.6 Å². The summed E-state index contributed by atoms with van der Waals surface area (Å²) in [6, 6.07) is 17.1. The molecule has 1 atom stereocenters. The van der Waals surface area contributed by atoms with Gasteiger partial charge < -0.3 is 29.0 Å². The maximum atomic E-state index is 11.3. The lowest BCUT2D eigenvalue weighted by Gasteiger charge is -2.27. The first-order valence-electron chi connectivity index (χ1n) is 12.8. The third kappa shape index (κ3) is 9.15. The van der Waals surface area contributed by atoms with Crippen molar-refractivity contribution in [3.8, 4) is 23.1 Å². The molecular formula is C28H34N4O8S. The lowest BCUT2D eigenvalue weighted by molar-refractivity contribution is -0.144. The summed E-state index contributed by atoms with van der Waals surface area (Å²) in [5.74, 6) is -1.49. The van der Waals surface area contributed by atoms with E-state index in [4.69, 9.17) is 18.9 Å². The number of aromatic nitrogens is 2. The highest BCUT2D eigenvalue weighted by atomic mass is 32.2. The van der Waals surface area contributed by atoms with Crippen molar-refractivity contribution in [2.45, 2.75) is 39.2 Å². The van der Waals surface area contributed by atoms with Crippen LogP contribution in [-0.2, 0) is 25.4 Å². The Morgan fingerprint density at radius 1 is 1.02 bits per heavy atom. The van der Waals surface area contributed by atoms with Crippen molar-refractivity contribution in [3.05, 3.63) is 60.2 Å². The molecule has 1 aromatic heterocycles. The number of carbonyl (C=O) groups is 1. The molecule has 2 aromatic carbocycles. The molecule has 0 bridgehead atoms. The minimum atomic E-state index is -2.88. The zero-order chi connectivity index (χ0) is 30.0. The van der Waals surface area contributed by atoms with Crippen LogP contribution < -0.4 is 19.1 Å². The molecule has 3 aromatic rings. The van der Waals surface area contributed by atoms with Crippen molar-refractivity contribution < 1.29 is 37.3 Å². The maximum Gasteiger partial charge on any atom is 0.344 e. The normalized spacial score (nSPS) is 13.7. The largest absolute Gasteiger partial charge is 0.493 e. The molecule has 1 N–H and O–H groups in total. The summed E-state index contributed by atoms with van der Waals surface area (Å²) in [4.78, 5) is 21.6. The quantitative estimate of drug-likeness (QED) is 0.393. The predicted octanol–water partition coefficient (Wildman–Crippen LogP) is 4.64. The maximum absolute atomic E-state index is 11.3. The van der Waals surface area contributed by atoms with Crippen LogP contribution in [0.3, 0.4) is 0 Å². The van der Waals surface area contributed by atoms with Crippen molar-refractivity contribution in [1.82, 2.24) is 9.97 Å². The average Bonchev–Trinajstić information content (AvgIpc) is 2.95. The number of nitrogens with zero attached hydrogens (tertiary/aromatic N) is 4. The summed E-state index contributed by atoms with van der Waals surface area (Å²) >= 11 is 0. The van der Waals surface area contributed by atoms with E-state index in [1.807, 2.05) is 0 Å². The van der Waals surface area contributed by atoms with E-state index in [1.54, 1.807) is 29.2 Å². The van der Waals surface area contributed by atoms with Gasteiger partial charge in [0.25, 0.3) is 5.88 Å². The Labute approximate surface area is 240 Å². The molecule has 1 unspecified atom stereocenters. The fourth-order valence-electron chi connectivity index (χ4n) is 3.58. The molecule has 1 aliphatic rings. The number of anilines is 1. The number of carboxylic acids is 1. The number of hydrogen-bond donors (Lipinski definition) is 1. The molecule has 0 spiro atoms. The fraction of sp³-hybridized carbons (Fsp3) is 0.393. The lowest BCUT2D eigenvalue weighted by atomic mass is 9.87. The Kier molecular flexibility index (Phi) is 11.0. The molecule has 41 heavy (non-hydrogen) atoms. The van der Waals surface area contributed by atoms with Gasteiger partial charge >= 0.3 is 16.5 Å². The number of ether oxygens (including phenoxy) is 4. The summed E-state index contributed by atoms with van der Waals surface area (Å²) in [6.07, 6.45) is -1.31. The number of para-hydroxylation sites is 2. The van der Waals surface area contributed by atoms with Gasteiger partial charge in [-0.05, 0) is 30.0 Å². The number of methoxy groups -OCH3 is 1. The van der Waals surface area contributed by atoms with Gasteiger partial charge in [0.05, 0.1) is 20.3 Å². The SMILES string of the molecule is CC(C)(C)c1ccccc1.COc1ccccc1Oc1c(N=S(=O)=O)nc(N2CCOCC2)nc1OC(C)C(=O)O. The van der Waals surface area contributed by atoms with Crippen molar-refractivity contribution in [2.75, 3.05) is 38.3 Å². The summed E-state index contributed by atoms with van der Waals surface area (Å²) in [5, 5.41) is 9.26. The monoisotopic (exact) mass is 586 g/mol. The molecule has 0 radical (unpaired) electrons. The smallest absolute Gasteiger partial charge is 0.344 e. The van der Waals surface area contributed by atoms with Gasteiger partial charge in [0.1, 0.15) is 0 Å². The fourth-order valence-corrected chi connectivity index (χ4v) is 3.85. The molecule has 1 fully saturated rings. The molecular weight excluding hydrogens is 552 g/mol. The first-order chi connectivity index (χ1) is 19.5. The van der Waals surface area contributed by atoms with E-state index in [9.17, 15) is 18.3 Å². The molecule has 12 nitrogen and oxygen atoms in total. The predicted molar refractivity (Wildman–Crippen MR) is 152 cm³/mol. The number of rotatable bonds is 8. The third-order valence-corrected chi connectivity index (χ3v) is 6.14. The van der Waals surface area contributed by atoms with Crippen LogP contribution in [0.4, 0.5) is 11.8 Å². The second-order valence-corrected chi connectivity index (χ2v) is 10.5. The van der Waals surface area contributed by atoms with E-state index in [-0.39, 0.29) is 29.1 Å². The van der Waals surface area contributed by atoms with Crippen LogP contribution in [0.5, 0.6) is 23.1 Å². The summed E-state index contributed by atoms with van der Waals surface area (Å²) in [5.41, 5.74) is 1.69. The Hall–Kier alpha value is -4.23. The zero-order valence-electron chi connectivity index (χ0n) is 23.6. The summed E-state index contributed by atoms with van der Waals surface area (Å²) in [7, 11) is -1.44. The molecule has 4 rings (SSSR count). The standard InChI is InChI=1S/C18H20N4O8S.C10H14/c1-11(17(23)24)29-16-14(30-13-6-4-3-5-12(13)27-2)15(21-31(25)26)19-18(20-16)22-7-9-28-10-8-22;1-10(2,3)9-7-5-4-6-8-9/h3-6,11H,7-10H2,1-2H3,(H,23,24);4-8H,1-3H3. The van der Waals surface area contributed by atoms with Gasteiger partial charge in [0, 0.05) is 13.1 Å². The molecule has 2 heterocycles. The molecule has 1 aliphatic heterocycles. The van der Waals surface area contributed by atoms with Crippen LogP contribution in [0, 0.1) is 0 Å². The molecule has 13 heteroatoms. The second-order valence-electron chi connectivity index (χ2n) is 9.86. The Morgan fingerprint density at radius 3 is 2.17 bits per heavy atom. The Bertz CT molecular complexity index is 1450. The van der Waals surface area contributed by atoms with Crippen molar-refractivity contribution >= 4 is 28.2 Å². The van der Waals surface area contributed by atoms with Gasteiger partial charge in [-0.25, -0.2) is 4.79 Å². The van der Waals surface area contributed by atoms with Crippen LogP contribution in [-0.4, -0.2) is 69.0 Å². The average molecular weight is 587 g/mol. The third-order valence-electron chi connectivity index (χ3n) is 5.82. The first-order valence-corrected chi connectivity index (χ1v) is 13.8. The highest BCUT2D eigenvalue weighted by Gasteiger charge is 2.26. The highest BCUT2D eigenvalue weighted by molar-refractivity contribution is 7.61. The van der Waals surface area contributed by atoms with Crippen LogP contribution >= 0.6 is 0 Å².